The highest BCUT2D eigenvalue weighted by Gasteiger charge is 2.12. The molecular weight excluding hydrogens is 338 g/mol. The molecule has 2 rings (SSSR count). The molecule has 0 aromatic heterocycles. The number of halogens is 4. The first kappa shape index (κ1) is 8.93. The molecule has 0 fully saturated rings. The largest absolute Gasteiger partial charge is 0.491 e. The normalized spacial score (nSPS) is 15.9. The van der Waals surface area contributed by atoms with E-state index in [-0.39, 0.29) is 16.1 Å². The molecule has 5 heteroatoms. The number of ether oxygens (including phenoxy) is 1. The van der Waals surface area contributed by atoms with E-state index < -0.39 is 30.8 Å². The number of hydrogen-bond donors (Lipinski definition) is 0. The van der Waals surface area contributed by atoms with Gasteiger partial charge in [0.1, 0.15) is 0 Å². The Morgan fingerprint density at radius 3 is 2.63 bits per heavy atom. The number of rotatable bonds is 3. The highest BCUT2D eigenvalue weighted by molar-refractivity contribution is 9.10. The summed E-state index contributed by atoms with van der Waals surface area (Å²) in [7, 11) is -3.03. The lowest BCUT2D eigenvalue weighted by atomic mass is 10.0. The molecule has 0 saturated carbocycles. The van der Waals surface area contributed by atoms with Crippen LogP contribution in [0.4, 0.5) is 8.78 Å². The smallest absolute Gasteiger partial charge is 0.190 e. The van der Waals surface area contributed by atoms with Gasteiger partial charge in [0, 0.05) is 12.2 Å². The summed E-state index contributed by atoms with van der Waals surface area (Å²) in [5, 5.41) is 0.0758. The molecule has 0 bridgehead atoms. The van der Waals surface area contributed by atoms with Gasteiger partial charge in [0.05, 0.1) is 11.2 Å². The van der Waals surface area contributed by atoms with Crippen LogP contribution in [0.1, 0.15) is 18.0 Å². The molecular formula is C14H10BrClF2O. The maximum absolute atomic E-state index is 14.0. The lowest BCUT2D eigenvalue weighted by Gasteiger charge is -2.08. The molecule has 2 aromatic carbocycles. The fourth-order valence-electron chi connectivity index (χ4n) is 1.48. The average molecular weight is 353 g/mol. The van der Waals surface area contributed by atoms with Crippen LogP contribution in [0, 0.1) is 11.6 Å². The predicted molar refractivity (Wildman–Crippen MR) is 74.9 cm³/mol. The highest BCUT2D eigenvalue weighted by Crippen LogP contribution is 2.27. The van der Waals surface area contributed by atoms with Crippen LogP contribution in [0.3, 0.4) is 0 Å². The molecule has 0 atom stereocenters. The van der Waals surface area contributed by atoms with Crippen molar-refractivity contribution in [3.05, 3.63) is 62.6 Å². The zero-order valence-electron chi connectivity index (χ0n) is 14.3. The molecule has 0 radical (unpaired) electrons. The van der Waals surface area contributed by atoms with Crippen molar-refractivity contribution >= 4 is 27.5 Å². The average Bonchev–Trinajstić information content (AvgIpc) is 2.44. The van der Waals surface area contributed by atoms with E-state index in [0.29, 0.717) is 16.6 Å². The second kappa shape index (κ2) is 5.88. The summed E-state index contributed by atoms with van der Waals surface area (Å²) < 4.78 is 69.9. The fraction of sp³-hybridized carbons (Fsp3) is 0.143. The van der Waals surface area contributed by atoms with E-state index >= 15 is 0 Å². The maximum Gasteiger partial charge on any atom is 0.190 e. The molecule has 0 saturated heterocycles. The van der Waals surface area contributed by atoms with Gasteiger partial charge in [-0.25, -0.2) is 8.78 Å². The van der Waals surface area contributed by atoms with Crippen LogP contribution in [0.5, 0.6) is 5.75 Å². The van der Waals surface area contributed by atoms with Gasteiger partial charge in [-0.15, -0.1) is 0 Å². The van der Waals surface area contributed by atoms with E-state index in [1.807, 2.05) is 0 Å². The summed E-state index contributed by atoms with van der Waals surface area (Å²) in [6.07, 6.45) is -2.32. The Bertz CT molecular complexity index is 759. The highest BCUT2D eigenvalue weighted by atomic mass is 79.9. The minimum absolute atomic E-state index is 0.00170. The summed E-state index contributed by atoms with van der Waals surface area (Å²) in [5.74, 6) is -3.73. The van der Waals surface area contributed by atoms with E-state index in [4.69, 9.17) is 18.5 Å². The van der Waals surface area contributed by atoms with Crippen molar-refractivity contribution in [3.8, 4) is 5.75 Å². The summed E-state index contributed by atoms with van der Waals surface area (Å²) in [6, 6.07) is 5.79. The second-order valence-electron chi connectivity index (χ2n) is 3.62. The summed E-state index contributed by atoms with van der Waals surface area (Å²) >= 11 is 9.16. The first-order valence-electron chi connectivity index (χ1n) is 7.56. The Morgan fingerprint density at radius 2 is 2.00 bits per heavy atom. The van der Waals surface area contributed by atoms with Gasteiger partial charge in [-0.3, -0.25) is 0 Å². The van der Waals surface area contributed by atoms with E-state index in [0.717, 1.165) is 0 Å². The predicted octanol–water partition coefficient (Wildman–Crippen LogP) is 4.98. The Hall–Kier alpha value is -1.13. The van der Waals surface area contributed by atoms with Gasteiger partial charge in [-0.05, 0) is 47.8 Å². The van der Waals surface area contributed by atoms with Gasteiger partial charge in [0.25, 0.3) is 0 Å². The molecule has 0 unspecified atom stereocenters. The molecule has 0 aliphatic carbocycles. The van der Waals surface area contributed by atoms with Gasteiger partial charge < -0.3 is 4.74 Å². The molecule has 0 aliphatic rings. The Labute approximate surface area is 130 Å². The molecule has 0 amide bonds. The van der Waals surface area contributed by atoms with Gasteiger partial charge in [0.2, 0.25) is 0 Å². The van der Waals surface area contributed by atoms with Crippen molar-refractivity contribution in [1.82, 2.24) is 0 Å². The Kier molecular flexibility index (Phi) is 2.76. The number of benzene rings is 2. The summed E-state index contributed by atoms with van der Waals surface area (Å²) in [4.78, 5) is 0. The Morgan fingerprint density at radius 1 is 1.32 bits per heavy atom. The van der Waals surface area contributed by atoms with Gasteiger partial charge in [-0.2, -0.15) is 0 Å². The van der Waals surface area contributed by atoms with Crippen LogP contribution in [0.15, 0.2) is 34.8 Å². The van der Waals surface area contributed by atoms with Crippen LogP contribution < -0.4 is 4.74 Å². The molecule has 0 N–H and O–H groups in total. The van der Waals surface area contributed by atoms with E-state index in [9.17, 15) is 8.78 Å². The lowest BCUT2D eigenvalue weighted by molar-refractivity contribution is 0.359. The maximum atomic E-state index is 14.0. The van der Waals surface area contributed by atoms with Crippen molar-refractivity contribution in [1.29, 1.82) is 0 Å². The molecule has 100 valence electrons. The number of methoxy groups -OCH3 is 1. The second-order valence-corrected chi connectivity index (χ2v) is 4.94. The van der Waals surface area contributed by atoms with Crippen molar-refractivity contribution in [2.24, 2.45) is 0 Å². The van der Waals surface area contributed by atoms with E-state index in [1.54, 1.807) is 6.07 Å². The quantitative estimate of drug-likeness (QED) is 0.757. The third kappa shape index (κ3) is 3.25. The molecule has 2 aromatic rings. The minimum Gasteiger partial charge on any atom is -0.491 e. The van der Waals surface area contributed by atoms with Crippen molar-refractivity contribution < 1.29 is 20.4 Å². The lowest BCUT2D eigenvalue weighted by Crippen LogP contribution is -1.97. The third-order valence-electron chi connectivity index (χ3n) is 2.31. The fourth-order valence-corrected chi connectivity index (χ4v) is 2.00. The van der Waals surface area contributed by atoms with Gasteiger partial charge in [-0.1, -0.05) is 27.5 Å². The third-order valence-corrected chi connectivity index (χ3v) is 3.13. The topological polar surface area (TPSA) is 9.23 Å². The van der Waals surface area contributed by atoms with Crippen molar-refractivity contribution in [2.75, 3.05) is 7.04 Å². The first-order chi connectivity index (χ1) is 10.9. The van der Waals surface area contributed by atoms with Crippen LogP contribution in [0.25, 0.3) is 0 Å². The first-order valence-corrected chi connectivity index (χ1v) is 6.23. The van der Waals surface area contributed by atoms with Crippen LogP contribution in [-0.4, -0.2) is 7.04 Å². The van der Waals surface area contributed by atoms with Crippen LogP contribution in [-0.2, 0) is 6.37 Å². The summed E-state index contributed by atoms with van der Waals surface area (Å²) in [5.41, 5.74) is -0.364. The monoisotopic (exact) mass is 351 g/mol. The van der Waals surface area contributed by atoms with Crippen molar-refractivity contribution in [3.63, 3.8) is 0 Å². The SMILES string of the molecule is [2H]C([2H])([2H])Oc1c(F)cc(C([2H])([2H])c2cc(Br)ccc2Cl)cc1F. The minimum atomic E-state index is -3.03. The van der Waals surface area contributed by atoms with E-state index in [1.165, 1.54) is 12.1 Å². The van der Waals surface area contributed by atoms with Gasteiger partial charge >= 0.3 is 0 Å². The molecule has 0 heterocycles. The van der Waals surface area contributed by atoms with Crippen molar-refractivity contribution in [2.45, 2.75) is 6.37 Å². The van der Waals surface area contributed by atoms with E-state index in [2.05, 4.69) is 20.7 Å². The molecule has 19 heavy (non-hydrogen) atoms. The van der Waals surface area contributed by atoms with Crippen LogP contribution >= 0.6 is 27.5 Å². The standard InChI is InChI=1S/C14H10BrClF2O/c1-19-14-12(17)5-8(6-13(14)18)4-9-7-10(15)2-3-11(9)16/h2-3,5-7H,4H2,1H3/i1D3,4D2. The van der Waals surface area contributed by atoms with Crippen LogP contribution in [0.2, 0.25) is 5.02 Å². The molecule has 0 aliphatic heterocycles. The summed E-state index contributed by atoms with van der Waals surface area (Å²) in [6.45, 7) is 0. The zero-order valence-corrected chi connectivity index (χ0v) is 11.6. The molecule has 1 nitrogen and oxygen atoms in total. The Balaban J connectivity index is 2.54. The zero-order chi connectivity index (χ0) is 18.3. The van der Waals surface area contributed by atoms with Gasteiger partial charge in [0.15, 0.2) is 17.4 Å². The molecule has 0 spiro atoms. The number of hydrogen-bond acceptors (Lipinski definition) is 1.